The van der Waals surface area contributed by atoms with Gasteiger partial charge in [-0.2, -0.15) is 0 Å². The Balaban J connectivity index is 0. The molecule has 32 heavy (non-hydrogen) atoms. The van der Waals surface area contributed by atoms with E-state index in [-0.39, 0.29) is 17.1 Å². The molecule has 0 bridgehead atoms. The zero-order chi connectivity index (χ0) is 23.8. The maximum Gasteiger partial charge on any atom is 0 e. The Morgan fingerprint density at radius 2 is 1.06 bits per heavy atom. The summed E-state index contributed by atoms with van der Waals surface area (Å²) in [7, 11) is 3.40. The standard InChI is InChI=1S/C23H25O2.3CO.Mn/c1-5-16-15-22(17-7-11-19(24-3)12-8-17)21(6-2)23(16)18-9-13-20(25-4)14-10-18;3*1-2;/h7-15H,5-6H2,1-4H3;;;;. The largest absolute Gasteiger partial charge is 0 e. The SMILES string of the molecule is CC[C]1[CH][C](c2ccc(OC)cc2)[C](CC)[C]1c1ccc(OC)cc1.[C-]#[O+].[C-]#[O+].[C-]#[O+].[Mn]. The third-order valence-electron chi connectivity index (χ3n) is 4.78. The molecule has 6 heteroatoms. The normalized spacial score (nSPS) is 13.6. The van der Waals surface area contributed by atoms with Gasteiger partial charge >= 0.3 is 33.9 Å². The average Bonchev–Trinajstić information content (AvgIpc) is 3.26. The summed E-state index contributed by atoms with van der Waals surface area (Å²) in [6.45, 7) is 18.0. The number of benzene rings is 2. The van der Waals surface area contributed by atoms with Crippen molar-refractivity contribution in [3.05, 3.63) is 110 Å². The first kappa shape index (κ1) is 32.0. The van der Waals surface area contributed by atoms with E-state index in [1.807, 2.05) is 24.3 Å². The van der Waals surface area contributed by atoms with E-state index in [0.717, 1.165) is 24.3 Å². The van der Waals surface area contributed by atoms with Crippen LogP contribution in [0.4, 0.5) is 0 Å². The molecule has 0 amide bonds. The molecule has 1 aliphatic carbocycles. The molecule has 166 valence electrons. The average molecular weight is 472 g/mol. The summed E-state index contributed by atoms with van der Waals surface area (Å²) >= 11 is 0. The summed E-state index contributed by atoms with van der Waals surface area (Å²) in [6.07, 6.45) is 4.37. The maximum absolute atomic E-state index is 7.50. The van der Waals surface area contributed by atoms with E-state index >= 15 is 0 Å². The van der Waals surface area contributed by atoms with Crippen LogP contribution in [0.25, 0.3) is 0 Å². The fourth-order valence-electron chi connectivity index (χ4n) is 3.45. The van der Waals surface area contributed by atoms with Gasteiger partial charge in [0.2, 0.25) is 0 Å². The van der Waals surface area contributed by atoms with Gasteiger partial charge in [0.1, 0.15) is 11.5 Å². The van der Waals surface area contributed by atoms with Gasteiger partial charge < -0.3 is 9.47 Å². The minimum Gasteiger partial charge on any atom is 0 e. The van der Waals surface area contributed by atoms with Crippen LogP contribution in [0.2, 0.25) is 0 Å². The molecule has 1 fully saturated rings. The van der Waals surface area contributed by atoms with Crippen molar-refractivity contribution >= 4 is 0 Å². The Kier molecular flexibility index (Phi) is 18.3. The molecule has 5 nitrogen and oxygen atoms in total. The molecule has 0 heterocycles. The zero-order valence-corrected chi connectivity index (χ0v) is 19.7. The van der Waals surface area contributed by atoms with Crippen molar-refractivity contribution in [1.29, 1.82) is 0 Å². The van der Waals surface area contributed by atoms with Crippen LogP contribution in [-0.4, -0.2) is 14.2 Å². The summed E-state index contributed by atoms with van der Waals surface area (Å²) in [5.74, 6) is 7.28. The number of methoxy groups -OCH3 is 2. The minimum atomic E-state index is 0. The predicted molar refractivity (Wildman–Crippen MR) is 114 cm³/mol. The van der Waals surface area contributed by atoms with Crippen molar-refractivity contribution in [2.45, 2.75) is 26.7 Å². The Morgan fingerprint density at radius 3 is 1.41 bits per heavy atom. The Bertz CT molecular complexity index is 781. The van der Waals surface area contributed by atoms with Gasteiger partial charge in [-0.3, -0.25) is 0 Å². The van der Waals surface area contributed by atoms with E-state index in [4.69, 9.17) is 23.4 Å². The third-order valence-corrected chi connectivity index (χ3v) is 4.78. The van der Waals surface area contributed by atoms with E-state index in [9.17, 15) is 0 Å². The predicted octanol–water partition coefficient (Wildman–Crippen LogP) is 5.32. The first-order valence-electron chi connectivity index (χ1n) is 9.43. The van der Waals surface area contributed by atoms with Crippen molar-refractivity contribution in [1.82, 2.24) is 0 Å². The van der Waals surface area contributed by atoms with Crippen LogP contribution in [0, 0.1) is 50.0 Å². The van der Waals surface area contributed by atoms with Gasteiger partial charge in [-0.15, -0.1) is 0 Å². The molecule has 3 rings (SSSR count). The quantitative estimate of drug-likeness (QED) is 0.324. The number of hydrogen-bond acceptors (Lipinski definition) is 2. The molecule has 2 aromatic carbocycles. The minimum absolute atomic E-state index is 0. The van der Waals surface area contributed by atoms with Gasteiger partial charge in [-0.25, -0.2) is 0 Å². The van der Waals surface area contributed by atoms with Crippen LogP contribution in [0.1, 0.15) is 37.8 Å². The Labute approximate surface area is 202 Å². The smallest absolute Gasteiger partial charge is 0 e. The van der Waals surface area contributed by atoms with Crippen LogP contribution in [-0.2, 0) is 31.0 Å². The molecular formula is C26H25MnO5. The Hall–Kier alpha value is -2.22. The van der Waals surface area contributed by atoms with E-state index in [1.165, 1.54) is 34.8 Å². The summed E-state index contributed by atoms with van der Waals surface area (Å²) in [5, 5.41) is 0. The fourth-order valence-corrected chi connectivity index (χ4v) is 3.45. The zero-order valence-electron chi connectivity index (χ0n) is 18.5. The van der Waals surface area contributed by atoms with Crippen LogP contribution < -0.4 is 9.47 Å². The molecule has 1 aliphatic rings. The topological polar surface area (TPSA) is 78.2 Å². The van der Waals surface area contributed by atoms with E-state index in [0.29, 0.717) is 0 Å². The monoisotopic (exact) mass is 472 g/mol. The maximum atomic E-state index is 7.50. The van der Waals surface area contributed by atoms with Gasteiger partial charge in [0, 0.05) is 28.9 Å². The molecule has 0 unspecified atom stereocenters. The van der Waals surface area contributed by atoms with Crippen molar-refractivity contribution in [2.75, 3.05) is 14.2 Å². The molecule has 0 N–H and O–H groups in total. The van der Waals surface area contributed by atoms with Crippen molar-refractivity contribution in [2.24, 2.45) is 0 Å². The van der Waals surface area contributed by atoms with Crippen LogP contribution >= 0.6 is 0 Å². The summed E-state index contributed by atoms with van der Waals surface area (Å²) in [5.41, 5.74) is 2.50. The summed E-state index contributed by atoms with van der Waals surface area (Å²) in [4.78, 5) is 0. The first-order valence-corrected chi connectivity index (χ1v) is 9.43. The molecule has 0 atom stereocenters. The second-order valence-electron chi connectivity index (χ2n) is 6.10. The van der Waals surface area contributed by atoms with E-state index < -0.39 is 0 Å². The number of rotatable bonds is 6. The van der Waals surface area contributed by atoms with Gasteiger partial charge in [0.05, 0.1) is 14.2 Å². The van der Waals surface area contributed by atoms with Crippen LogP contribution in [0.15, 0.2) is 48.5 Å². The van der Waals surface area contributed by atoms with Gasteiger partial charge in [0.15, 0.2) is 0 Å². The Morgan fingerprint density at radius 1 is 0.656 bits per heavy atom. The molecule has 1 saturated carbocycles. The van der Waals surface area contributed by atoms with E-state index in [1.54, 1.807) is 14.2 Å². The van der Waals surface area contributed by atoms with Gasteiger partial charge in [-0.05, 0) is 66.5 Å². The third kappa shape index (κ3) is 8.04. The fraction of sp³-hybridized carbons (Fsp3) is 0.231. The first-order chi connectivity index (χ1) is 15.2. The summed E-state index contributed by atoms with van der Waals surface area (Å²) in [6, 6.07) is 16.7. The molecule has 2 aromatic rings. The molecule has 6 radical (unpaired) electrons. The van der Waals surface area contributed by atoms with E-state index in [2.05, 4.69) is 64.5 Å². The second-order valence-corrected chi connectivity index (χ2v) is 6.10. The van der Waals surface area contributed by atoms with Crippen molar-refractivity contribution in [3.63, 3.8) is 0 Å². The molecule has 0 aromatic heterocycles. The van der Waals surface area contributed by atoms with Crippen LogP contribution in [0.3, 0.4) is 0 Å². The number of hydrogen-bond donors (Lipinski definition) is 0. The van der Waals surface area contributed by atoms with Crippen molar-refractivity contribution < 1.29 is 40.5 Å². The van der Waals surface area contributed by atoms with Gasteiger partial charge in [-0.1, -0.05) is 38.1 Å². The summed E-state index contributed by atoms with van der Waals surface area (Å²) < 4.78 is 33.1. The molecular weight excluding hydrogens is 447 g/mol. The van der Waals surface area contributed by atoms with Crippen LogP contribution in [0.5, 0.6) is 11.5 Å². The molecule has 0 aliphatic heterocycles. The molecule has 0 saturated heterocycles. The van der Waals surface area contributed by atoms with Crippen molar-refractivity contribution in [3.8, 4) is 11.5 Å². The molecule has 0 spiro atoms. The second kappa shape index (κ2) is 18.4. The van der Waals surface area contributed by atoms with Gasteiger partial charge in [0.25, 0.3) is 0 Å². The number of ether oxygens (including phenoxy) is 2.